The molecule has 0 N–H and O–H groups in total. The van der Waals surface area contributed by atoms with Crippen LogP contribution < -0.4 is 0 Å². The minimum absolute atomic E-state index is 0.534. The van der Waals surface area contributed by atoms with Crippen molar-refractivity contribution in [1.29, 1.82) is 0 Å². The van der Waals surface area contributed by atoms with Gasteiger partial charge >= 0.3 is 8.80 Å². The number of rotatable bonds is 6. The monoisotopic (exact) mass is 218 g/mol. The molecule has 80 valence electrons. The van der Waals surface area contributed by atoms with Gasteiger partial charge in [-0.15, -0.1) is 0 Å². The number of halogens is 3. The summed E-state index contributed by atoms with van der Waals surface area (Å²) in [7, 11) is 0.544. The average molecular weight is 218 g/mol. The van der Waals surface area contributed by atoms with Crippen LogP contribution in [0.5, 0.6) is 0 Å². The third kappa shape index (κ3) is 3.63. The Balaban J connectivity index is 4.24. The van der Waals surface area contributed by atoms with Gasteiger partial charge in [0.15, 0.2) is 6.17 Å². The number of hydrogen-bond acceptors (Lipinski definition) is 3. The Labute approximate surface area is 76.2 Å². The molecule has 0 aromatic heterocycles. The topological polar surface area (TPSA) is 27.7 Å². The first-order chi connectivity index (χ1) is 6.01. The molecule has 0 aliphatic heterocycles. The maximum atomic E-state index is 12.6. The van der Waals surface area contributed by atoms with Crippen molar-refractivity contribution in [1.82, 2.24) is 0 Å². The van der Waals surface area contributed by atoms with E-state index in [1.54, 1.807) is 0 Å². The zero-order chi connectivity index (χ0) is 10.5. The summed E-state index contributed by atoms with van der Waals surface area (Å²) in [6.07, 6.45) is -5.31. The van der Waals surface area contributed by atoms with Crippen LogP contribution in [0.4, 0.5) is 13.2 Å². The Bertz CT molecular complexity index is 135. The molecule has 0 radical (unpaired) electrons. The standard InChI is InChI=1S/C6H13F3O3Si/c1-10-13(11-2,12-3)4-5(7)6(8)9/h5-6H,4H2,1-3H3. The largest absolute Gasteiger partial charge is 0.503 e. The van der Waals surface area contributed by atoms with Crippen LogP contribution in [0.2, 0.25) is 6.04 Å². The quantitative estimate of drug-likeness (QED) is 0.632. The van der Waals surface area contributed by atoms with Crippen molar-refractivity contribution in [2.45, 2.75) is 18.6 Å². The Hall–Kier alpha value is -0.113. The van der Waals surface area contributed by atoms with E-state index in [0.717, 1.165) is 0 Å². The molecule has 0 aliphatic rings. The van der Waals surface area contributed by atoms with Gasteiger partial charge in [-0.25, -0.2) is 13.2 Å². The van der Waals surface area contributed by atoms with Gasteiger partial charge in [0.1, 0.15) is 0 Å². The first kappa shape index (κ1) is 12.9. The predicted molar refractivity (Wildman–Crippen MR) is 42.5 cm³/mol. The van der Waals surface area contributed by atoms with Gasteiger partial charge in [-0.1, -0.05) is 0 Å². The van der Waals surface area contributed by atoms with Crippen LogP contribution in [-0.4, -0.2) is 42.7 Å². The second-order valence-electron chi connectivity index (χ2n) is 2.35. The maximum absolute atomic E-state index is 12.6. The molecule has 0 spiro atoms. The van der Waals surface area contributed by atoms with E-state index in [4.69, 9.17) is 13.3 Å². The molecular formula is C6H13F3O3Si. The highest BCUT2D eigenvalue weighted by Gasteiger charge is 2.43. The van der Waals surface area contributed by atoms with Crippen LogP contribution in [-0.2, 0) is 13.3 Å². The zero-order valence-corrected chi connectivity index (χ0v) is 8.72. The minimum Gasteiger partial charge on any atom is -0.377 e. The smallest absolute Gasteiger partial charge is 0.377 e. The Morgan fingerprint density at radius 3 is 1.62 bits per heavy atom. The van der Waals surface area contributed by atoms with Crippen LogP contribution in [0.15, 0.2) is 0 Å². The van der Waals surface area contributed by atoms with E-state index < -0.39 is 27.4 Å². The summed E-state index contributed by atoms with van der Waals surface area (Å²) in [5.41, 5.74) is 0. The minimum atomic E-state index is -3.20. The molecule has 0 saturated carbocycles. The summed E-state index contributed by atoms with van der Waals surface area (Å²) in [5.74, 6) is 0. The fourth-order valence-electron chi connectivity index (χ4n) is 0.828. The van der Waals surface area contributed by atoms with Crippen LogP contribution in [0, 0.1) is 0 Å². The van der Waals surface area contributed by atoms with Crippen LogP contribution in [0.25, 0.3) is 0 Å². The Morgan fingerprint density at radius 1 is 1.00 bits per heavy atom. The molecule has 0 aromatic rings. The molecular weight excluding hydrogens is 205 g/mol. The van der Waals surface area contributed by atoms with E-state index >= 15 is 0 Å². The summed E-state index contributed by atoms with van der Waals surface area (Å²) in [6.45, 7) is 0. The van der Waals surface area contributed by atoms with Crippen molar-refractivity contribution in [3.05, 3.63) is 0 Å². The van der Waals surface area contributed by atoms with E-state index in [0.29, 0.717) is 0 Å². The molecule has 13 heavy (non-hydrogen) atoms. The van der Waals surface area contributed by atoms with Crippen molar-refractivity contribution in [3.63, 3.8) is 0 Å². The summed E-state index contributed by atoms with van der Waals surface area (Å²) < 4.78 is 50.7. The van der Waals surface area contributed by atoms with Gasteiger partial charge in [0.2, 0.25) is 0 Å². The molecule has 0 bridgehead atoms. The number of hydrogen-bond donors (Lipinski definition) is 0. The molecule has 0 aromatic carbocycles. The lowest BCUT2D eigenvalue weighted by atomic mass is 10.5. The normalized spacial score (nSPS) is 15.0. The lowest BCUT2D eigenvalue weighted by molar-refractivity contribution is 0.0406. The molecule has 1 atom stereocenters. The van der Waals surface area contributed by atoms with Gasteiger partial charge < -0.3 is 13.3 Å². The second-order valence-corrected chi connectivity index (χ2v) is 5.35. The highest BCUT2D eigenvalue weighted by molar-refractivity contribution is 6.60. The molecule has 0 saturated heterocycles. The fraction of sp³-hybridized carbons (Fsp3) is 1.00. The van der Waals surface area contributed by atoms with Crippen molar-refractivity contribution in [3.8, 4) is 0 Å². The molecule has 3 nitrogen and oxygen atoms in total. The van der Waals surface area contributed by atoms with E-state index in [1.807, 2.05) is 0 Å². The van der Waals surface area contributed by atoms with Crippen molar-refractivity contribution < 1.29 is 26.4 Å². The SMILES string of the molecule is CO[Si](CC(F)C(F)F)(OC)OC. The molecule has 0 heterocycles. The Morgan fingerprint density at radius 2 is 1.38 bits per heavy atom. The summed E-state index contributed by atoms with van der Waals surface area (Å²) >= 11 is 0. The lowest BCUT2D eigenvalue weighted by Gasteiger charge is -2.25. The second kappa shape index (κ2) is 5.58. The molecule has 7 heteroatoms. The van der Waals surface area contributed by atoms with Crippen molar-refractivity contribution >= 4 is 8.80 Å². The molecule has 0 amide bonds. The lowest BCUT2D eigenvalue weighted by Crippen LogP contribution is -2.46. The molecule has 0 fully saturated rings. The fourth-order valence-corrected chi connectivity index (χ4v) is 2.48. The molecule has 0 aliphatic carbocycles. The first-order valence-electron chi connectivity index (χ1n) is 3.59. The van der Waals surface area contributed by atoms with E-state index in [1.165, 1.54) is 21.3 Å². The van der Waals surface area contributed by atoms with Crippen molar-refractivity contribution in [2.75, 3.05) is 21.3 Å². The average Bonchev–Trinajstić information content (AvgIpc) is 2.14. The number of alkyl halides is 3. The van der Waals surface area contributed by atoms with Gasteiger partial charge in [-0.3, -0.25) is 0 Å². The van der Waals surface area contributed by atoms with Gasteiger partial charge in [-0.05, 0) is 0 Å². The Kier molecular flexibility index (Phi) is 5.53. The van der Waals surface area contributed by atoms with E-state index in [9.17, 15) is 13.2 Å². The third-order valence-corrected chi connectivity index (χ3v) is 4.41. The highest BCUT2D eigenvalue weighted by atomic mass is 28.4. The summed E-state index contributed by atoms with van der Waals surface area (Å²) in [4.78, 5) is 0. The van der Waals surface area contributed by atoms with Gasteiger partial charge in [0, 0.05) is 21.3 Å². The van der Waals surface area contributed by atoms with Crippen LogP contribution in [0.1, 0.15) is 0 Å². The zero-order valence-electron chi connectivity index (χ0n) is 7.72. The predicted octanol–water partition coefficient (Wildman–Crippen LogP) is 1.47. The van der Waals surface area contributed by atoms with Gasteiger partial charge in [0.05, 0.1) is 6.04 Å². The first-order valence-corrected chi connectivity index (χ1v) is 5.52. The maximum Gasteiger partial charge on any atom is 0.503 e. The third-order valence-electron chi connectivity index (χ3n) is 1.65. The summed E-state index contributed by atoms with van der Waals surface area (Å²) in [6, 6.07) is -0.534. The van der Waals surface area contributed by atoms with Gasteiger partial charge in [-0.2, -0.15) is 0 Å². The van der Waals surface area contributed by atoms with E-state index in [2.05, 4.69) is 0 Å². The highest BCUT2D eigenvalue weighted by Crippen LogP contribution is 2.21. The van der Waals surface area contributed by atoms with E-state index in [-0.39, 0.29) is 0 Å². The summed E-state index contributed by atoms with van der Waals surface area (Å²) in [5, 5.41) is 0. The van der Waals surface area contributed by atoms with Crippen molar-refractivity contribution in [2.24, 2.45) is 0 Å². The van der Waals surface area contributed by atoms with Crippen LogP contribution in [0.3, 0.4) is 0 Å². The molecule has 1 unspecified atom stereocenters. The van der Waals surface area contributed by atoms with Crippen LogP contribution >= 0.6 is 0 Å². The van der Waals surface area contributed by atoms with Gasteiger partial charge in [0.25, 0.3) is 6.43 Å². The molecule has 0 rings (SSSR count).